The van der Waals surface area contributed by atoms with Gasteiger partial charge in [0, 0.05) is 22.5 Å². The molecule has 0 radical (unpaired) electrons. The van der Waals surface area contributed by atoms with E-state index in [0.29, 0.717) is 0 Å². The van der Waals surface area contributed by atoms with Crippen LogP contribution in [0.25, 0.3) is 17.2 Å². The van der Waals surface area contributed by atoms with E-state index < -0.39 is 0 Å². The second kappa shape index (κ2) is 8.41. The first-order valence-electron chi connectivity index (χ1n) is 10.6. The van der Waals surface area contributed by atoms with E-state index in [4.69, 9.17) is 11.6 Å². The third-order valence-corrected chi connectivity index (χ3v) is 6.29. The Labute approximate surface area is 186 Å². The number of carbonyl (C=O) groups is 1. The van der Waals surface area contributed by atoms with Crippen molar-refractivity contribution in [2.24, 2.45) is 0 Å². The van der Waals surface area contributed by atoms with Crippen LogP contribution in [0.4, 0.5) is 5.69 Å². The first-order chi connectivity index (χ1) is 15.2. The van der Waals surface area contributed by atoms with E-state index >= 15 is 0 Å². The molecule has 1 N–H and O–H groups in total. The van der Waals surface area contributed by atoms with Gasteiger partial charge in [0.2, 0.25) is 0 Å². The van der Waals surface area contributed by atoms with E-state index in [1.807, 2.05) is 54.8 Å². The standard InChI is InChI=1S/C18H13ClO.C10H9N/c19-16-7-3-6-14-13(16)8-9-15-12-5-2-1-4-11(12)10-17(20)18(14)15;1-2-7-10-9(5-1)6-3-4-8-11-10/h1-2,4-5,8-10H,3,6-7H2;1-8,11H. The Morgan fingerprint density at radius 1 is 0.806 bits per heavy atom. The molecule has 0 spiro atoms. The Morgan fingerprint density at radius 2 is 1.61 bits per heavy atom. The van der Waals surface area contributed by atoms with Gasteiger partial charge in [0.1, 0.15) is 0 Å². The summed E-state index contributed by atoms with van der Waals surface area (Å²) in [5.41, 5.74) is 4.39. The van der Waals surface area contributed by atoms with Crippen molar-refractivity contribution in [2.75, 3.05) is 5.32 Å². The molecule has 1 heterocycles. The zero-order valence-corrected chi connectivity index (χ0v) is 17.8. The third kappa shape index (κ3) is 3.75. The summed E-state index contributed by atoms with van der Waals surface area (Å²) < 4.78 is 0. The van der Waals surface area contributed by atoms with Gasteiger partial charge in [-0.2, -0.15) is 0 Å². The Hall–Kier alpha value is -3.36. The number of hydrogen-bond donors (Lipinski definition) is 1. The molecule has 3 aromatic carbocycles. The minimum Gasteiger partial charge on any atom is -0.361 e. The van der Waals surface area contributed by atoms with Crippen molar-refractivity contribution in [1.29, 1.82) is 0 Å². The number of carbonyl (C=O) groups excluding carboxylic acids is 1. The third-order valence-electron chi connectivity index (χ3n) is 5.89. The maximum atomic E-state index is 12.5. The lowest BCUT2D eigenvalue weighted by Gasteiger charge is -2.17. The normalized spacial score (nSPS) is 15.1. The van der Waals surface area contributed by atoms with Crippen LogP contribution in [0.15, 0.2) is 79.0 Å². The number of ketones is 1. The molecule has 0 saturated carbocycles. The van der Waals surface area contributed by atoms with E-state index in [2.05, 4.69) is 35.7 Å². The second-order valence-corrected chi connectivity index (χ2v) is 8.27. The summed E-state index contributed by atoms with van der Waals surface area (Å²) in [5, 5.41) is 8.35. The fraction of sp³-hybridized carbons (Fsp3) is 0.107. The van der Waals surface area contributed by atoms with Gasteiger partial charge in [0.05, 0.1) is 0 Å². The molecule has 2 nitrogen and oxygen atoms in total. The van der Waals surface area contributed by atoms with Gasteiger partial charge in [-0.1, -0.05) is 78.4 Å². The monoisotopic (exact) mass is 423 g/mol. The van der Waals surface area contributed by atoms with Crippen LogP contribution in [0.1, 0.15) is 34.3 Å². The number of anilines is 1. The van der Waals surface area contributed by atoms with Crippen LogP contribution in [0.5, 0.6) is 0 Å². The summed E-state index contributed by atoms with van der Waals surface area (Å²) in [6, 6.07) is 20.4. The molecule has 0 saturated heterocycles. The molecule has 3 aliphatic rings. The van der Waals surface area contributed by atoms with Crippen molar-refractivity contribution in [3.05, 3.63) is 117 Å². The molecule has 3 aromatic rings. The SMILES string of the molecule is C1=CNc2ccccc2C=C1.O=C1C=c2ccccc2=c2ccc3c(c21)CCCC=3Cl. The van der Waals surface area contributed by atoms with Crippen molar-refractivity contribution in [3.8, 4) is 0 Å². The average Bonchev–Trinajstić information content (AvgIpc) is 3.05. The highest BCUT2D eigenvalue weighted by atomic mass is 35.5. The molecule has 0 fully saturated rings. The molecule has 1 aliphatic heterocycles. The van der Waals surface area contributed by atoms with E-state index in [1.165, 1.54) is 5.56 Å². The highest BCUT2D eigenvalue weighted by Gasteiger charge is 2.19. The molecule has 0 amide bonds. The average molecular weight is 424 g/mol. The number of fused-ring (bicyclic) bond motifs is 5. The number of Topliss-reactive ketones (excluding diaryl/α,β-unsaturated/α-hetero) is 1. The lowest BCUT2D eigenvalue weighted by molar-refractivity contribution is 0.105. The molecule has 0 unspecified atom stereocenters. The Balaban J connectivity index is 0.000000157. The maximum absolute atomic E-state index is 12.5. The number of nitrogens with one attached hydrogen (secondary N) is 1. The van der Waals surface area contributed by atoms with Crippen molar-refractivity contribution in [3.63, 3.8) is 0 Å². The van der Waals surface area contributed by atoms with Crippen LogP contribution in [0.3, 0.4) is 0 Å². The van der Waals surface area contributed by atoms with E-state index in [0.717, 1.165) is 62.0 Å². The van der Waals surface area contributed by atoms with Crippen LogP contribution >= 0.6 is 11.6 Å². The van der Waals surface area contributed by atoms with Gasteiger partial charge < -0.3 is 5.32 Å². The van der Waals surface area contributed by atoms with E-state index in [-0.39, 0.29) is 5.78 Å². The van der Waals surface area contributed by atoms with E-state index in [1.54, 1.807) is 6.08 Å². The van der Waals surface area contributed by atoms with Gasteiger partial charge in [-0.15, -0.1) is 0 Å². The topological polar surface area (TPSA) is 29.1 Å². The van der Waals surface area contributed by atoms with Crippen molar-refractivity contribution in [1.82, 2.24) is 0 Å². The first-order valence-corrected chi connectivity index (χ1v) is 10.9. The lowest BCUT2D eigenvalue weighted by atomic mass is 9.88. The minimum absolute atomic E-state index is 0.113. The smallest absolute Gasteiger partial charge is 0.187 e. The lowest BCUT2D eigenvalue weighted by Crippen LogP contribution is -2.24. The second-order valence-electron chi connectivity index (χ2n) is 7.82. The first kappa shape index (κ1) is 19.6. The Kier molecular flexibility index (Phi) is 5.31. The summed E-state index contributed by atoms with van der Waals surface area (Å²) in [5.74, 6) is 0.113. The van der Waals surface area contributed by atoms with E-state index in [9.17, 15) is 4.79 Å². The highest BCUT2D eigenvalue weighted by molar-refractivity contribution is 6.45. The van der Waals surface area contributed by atoms with Crippen LogP contribution in [0.2, 0.25) is 0 Å². The predicted octanol–water partition coefficient (Wildman–Crippen LogP) is 5.27. The quantitative estimate of drug-likeness (QED) is 0.533. The van der Waals surface area contributed by atoms with Gasteiger partial charge in [-0.25, -0.2) is 0 Å². The molecule has 0 aromatic heterocycles. The molecule has 6 rings (SSSR count). The number of allylic oxidation sites excluding steroid dienone is 2. The number of rotatable bonds is 0. The van der Waals surface area contributed by atoms with Crippen LogP contribution in [-0.4, -0.2) is 5.78 Å². The number of benzene rings is 3. The molecule has 152 valence electrons. The molecule has 0 bridgehead atoms. The summed E-state index contributed by atoms with van der Waals surface area (Å²) in [6.45, 7) is 0. The van der Waals surface area contributed by atoms with Gasteiger partial charge in [0.25, 0.3) is 0 Å². The van der Waals surface area contributed by atoms with Gasteiger partial charge in [-0.3, -0.25) is 4.79 Å². The Bertz CT molecular complexity index is 1460. The maximum Gasteiger partial charge on any atom is 0.187 e. The highest BCUT2D eigenvalue weighted by Crippen LogP contribution is 2.23. The van der Waals surface area contributed by atoms with Crippen LogP contribution in [0, 0.1) is 10.4 Å². The molecule has 0 atom stereocenters. The summed E-state index contributed by atoms with van der Waals surface area (Å²) >= 11 is 6.33. The van der Waals surface area contributed by atoms with Crippen LogP contribution < -0.4 is 15.8 Å². The van der Waals surface area contributed by atoms with Gasteiger partial charge >= 0.3 is 0 Å². The molecule has 31 heavy (non-hydrogen) atoms. The number of halogens is 1. The molecular weight excluding hydrogens is 402 g/mol. The fourth-order valence-corrected chi connectivity index (χ4v) is 4.74. The van der Waals surface area contributed by atoms with Crippen molar-refractivity contribution < 1.29 is 4.79 Å². The summed E-state index contributed by atoms with van der Waals surface area (Å²) in [4.78, 5) is 12.5. The number of hydrogen-bond acceptors (Lipinski definition) is 2. The Morgan fingerprint density at radius 3 is 2.55 bits per heavy atom. The van der Waals surface area contributed by atoms with Crippen molar-refractivity contribution >= 4 is 40.3 Å². The van der Waals surface area contributed by atoms with Gasteiger partial charge in [-0.05, 0) is 69.5 Å². The van der Waals surface area contributed by atoms with Crippen LogP contribution in [-0.2, 0) is 6.42 Å². The molecule has 3 heteroatoms. The molecular formula is C28H22ClNO. The summed E-state index contributed by atoms with van der Waals surface area (Å²) in [7, 11) is 0. The zero-order valence-electron chi connectivity index (χ0n) is 17.1. The molecule has 2 aliphatic carbocycles. The minimum atomic E-state index is 0.113. The largest absolute Gasteiger partial charge is 0.361 e. The van der Waals surface area contributed by atoms with Gasteiger partial charge in [0.15, 0.2) is 5.78 Å². The predicted molar refractivity (Wildman–Crippen MR) is 129 cm³/mol. The fourth-order valence-electron chi connectivity index (χ4n) is 4.43. The van der Waals surface area contributed by atoms with Crippen molar-refractivity contribution in [2.45, 2.75) is 19.3 Å². The summed E-state index contributed by atoms with van der Waals surface area (Å²) in [6.07, 6.45) is 12.7. The zero-order chi connectivity index (χ0) is 21.2. The number of para-hydroxylation sites is 1.